The standard InChI is InChI=1S/C20H31N3O3/c1-2-21-20(22-10-5-11-25-17-9-12-24-15-17)23-14-16-8-13-26-19-7-4-3-6-18(16)19/h3-4,6-7,16-17H,2,5,8-15H2,1H3,(H2,21,22,23). The zero-order valence-corrected chi connectivity index (χ0v) is 15.7. The van der Waals surface area contributed by atoms with E-state index in [0.717, 1.165) is 77.0 Å². The molecule has 144 valence electrons. The Morgan fingerprint density at radius 2 is 2.15 bits per heavy atom. The predicted molar refractivity (Wildman–Crippen MR) is 103 cm³/mol. The molecule has 0 bridgehead atoms. The second-order valence-electron chi connectivity index (χ2n) is 6.73. The van der Waals surface area contributed by atoms with Gasteiger partial charge in [0, 0.05) is 38.8 Å². The highest BCUT2D eigenvalue weighted by Gasteiger charge is 2.20. The second kappa shape index (κ2) is 10.4. The highest BCUT2D eigenvalue weighted by Crippen LogP contribution is 2.33. The van der Waals surface area contributed by atoms with E-state index in [1.807, 2.05) is 12.1 Å². The third-order valence-electron chi connectivity index (χ3n) is 4.75. The Labute approximate surface area is 156 Å². The van der Waals surface area contributed by atoms with Crippen molar-refractivity contribution in [1.82, 2.24) is 10.6 Å². The number of guanidine groups is 1. The molecule has 6 nitrogen and oxygen atoms in total. The van der Waals surface area contributed by atoms with Gasteiger partial charge in [0.25, 0.3) is 0 Å². The van der Waals surface area contributed by atoms with Crippen LogP contribution in [-0.4, -0.2) is 58.1 Å². The number of rotatable bonds is 8. The van der Waals surface area contributed by atoms with E-state index in [1.54, 1.807) is 0 Å². The number of hydrogen-bond donors (Lipinski definition) is 2. The molecule has 0 spiro atoms. The number of aliphatic imine (C=N–C) groups is 1. The summed E-state index contributed by atoms with van der Waals surface area (Å²) in [6.45, 7) is 7.66. The first kappa shape index (κ1) is 19.0. The van der Waals surface area contributed by atoms with E-state index in [9.17, 15) is 0 Å². The van der Waals surface area contributed by atoms with Crippen LogP contribution in [0.2, 0.25) is 0 Å². The molecule has 1 saturated heterocycles. The fraction of sp³-hybridized carbons (Fsp3) is 0.650. The summed E-state index contributed by atoms with van der Waals surface area (Å²) in [6.07, 6.45) is 3.27. The Morgan fingerprint density at radius 1 is 1.23 bits per heavy atom. The van der Waals surface area contributed by atoms with Gasteiger partial charge < -0.3 is 24.8 Å². The van der Waals surface area contributed by atoms with Crippen molar-refractivity contribution in [3.8, 4) is 5.75 Å². The van der Waals surface area contributed by atoms with E-state index in [4.69, 9.17) is 19.2 Å². The lowest BCUT2D eigenvalue weighted by Gasteiger charge is -2.25. The van der Waals surface area contributed by atoms with Crippen molar-refractivity contribution in [1.29, 1.82) is 0 Å². The van der Waals surface area contributed by atoms with Gasteiger partial charge in [-0.1, -0.05) is 18.2 Å². The lowest BCUT2D eigenvalue weighted by Crippen LogP contribution is -2.38. The Hall–Kier alpha value is -1.79. The first-order chi connectivity index (χ1) is 12.9. The lowest BCUT2D eigenvalue weighted by atomic mass is 9.93. The molecule has 2 heterocycles. The molecule has 6 heteroatoms. The molecule has 0 saturated carbocycles. The fourth-order valence-electron chi connectivity index (χ4n) is 3.32. The summed E-state index contributed by atoms with van der Waals surface area (Å²) >= 11 is 0. The average molecular weight is 361 g/mol. The molecule has 1 fully saturated rings. The van der Waals surface area contributed by atoms with Crippen LogP contribution in [0.1, 0.15) is 37.7 Å². The van der Waals surface area contributed by atoms with Gasteiger partial charge in [-0.25, -0.2) is 0 Å². The number of fused-ring (bicyclic) bond motifs is 1. The van der Waals surface area contributed by atoms with Crippen molar-refractivity contribution in [3.05, 3.63) is 29.8 Å². The largest absolute Gasteiger partial charge is 0.493 e. The molecule has 3 rings (SSSR count). The van der Waals surface area contributed by atoms with E-state index in [-0.39, 0.29) is 6.10 Å². The van der Waals surface area contributed by atoms with Gasteiger partial charge in [0.1, 0.15) is 5.75 Å². The maximum absolute atomic E-state index is 5.80. The second-order valence-corrected chi connectivity index (χ2v) is 6.73. The lowest BCUT2D eigenvalue weighted by molar-refractivity contribution is 0.0420. The predicted octanol–water partition coefficient (Wildman–Crippen LogP) is 2.30. The summed E-state index contributed by atoms with van der Waals surface area (Å²) in [5.41, 5.74) is 1.27. The Kier molecular flexibility index (Phi) is 7.58. The monoisotopic (exact) mass is 361 g/mol. The number of ether oxygens (including phenoxy) is 3. The van der Waals surface area contributed by atoms with Crippen LogP contribution >= 0.6 is 0 Å². The number of benzene rings is 1. The molecule has 2 N–H and O–H groups in total. The SMILES string of the molecule is CCNC(=NCC1CCOc2ccccc21)NCCCOC1CCOC1. The fourth-order valence-corrected chi connectivity index (χ4v) is 3.32. The maximum Gasteiger partial charge on any atom is 0.191 e. The first-order valence-corrected chi connectivity index (χ1v) is 9.80. The first-order valence-electron chi connectivity index (χ1n) is 9.80. The number of hydrogen-bond acceptors (Lipinski definition) is 4. The number of nitrogens with one attached hydrogen (secondary N) is 2. The molecule has 2 aliphatic rings. The van der Waals surface area contributed by atoms with Gasteiger partial charge in [0.15, 0.2) is 5.96 Å². The zero-order chi connectivity index (χ0) is 18.0. The molecular formula is C20H31N3O3. The Bertz CT molecular complexity index is 573. The van der Waals surface area contributed by atoms with E-state index in [1.165, 1.54) is 5.56 Å². The molecule has 0 radical (unpaired) electrons. The van der Waals surface area contributed by atoms with Gasteiger partial charge in [-0.2, -0.15) is 0 Å². The van der Waals surface area contributed by atoms with Crippen LogP contribution in [0.15, 0.2) is 29.3 Å². The number of para-hydroxylation sites is 1. The minimum absolute atomic E-state index is 0.283. The quantitative estimate of drug-likeness (QED) is 0.423. The van der Waals surface area contributed by atoms with Gasteiger partial charge in [-0.3, -0.25) is 4.99 Å². The molecule has 1 aromatic carbocycles. The van der Waals surface area contributed by atoms with Gasteiger partial charge in [0.05, 0.1) is 19.3 Å². The summed E-state index contributed by atoms with van der Waals surface area (Å²) < 4.78 is 16.9. The Balaban J connectivity index is 1.43. The van der Waals surface area contributed by atoms with Crippen molar-refractivity contribution in [2.24, 2.45) is 4.99 Å². The molecule has 0 aromatic heterocycles. The van der Waals surface area contributed by atoms with Crippen LogP contribution < -0.4 is 15.4 Å². The van der Waals surface area contributed by atoms with Crippen LogP contribution in [0.3, 0.4) is 0 Å². The van der Waals surface area contributed by atoms with Crippen LogP contribution in [0, 0.1) is 0 Å². The van der Waals surface area contributed by atoms with Crippen LogP contribution in [0.5, 0.6) is 5.75 Å². The molecule has 0 aliphatic carbocycles. The van der Waals surface area contributed by atoms with Crippen LogP contribution in [0.4, 0.5) is 0 Å². The highest BCUT2D eigenvalue weighted by molar-refractivity contribution is 5.79. The van der Waals surface area contributed by atoms with Crippen molar-refractivity contribution in [3.63, 3.8) is 0 Å². The van der Waals surface area contributed by atoms with Crippen molar-refractivity contribution >= 4 is 5.96 Å². The van der Waals surface area contributed by atoms with Crippen molar-refractivity contribution in [2.75, 3.05) is 46.1 Å². The van der Waals surface area contributed by atoms with E-state index < -0.39 is 0 Å². The summed E-state index contributed by atoms with van der Waals surface area (Å²) in [5, 5.41) is 6.73. The average Bonchev–Trinajstić information content (AvgIpc) is 3.19. The van der Waals surface area contributed by atoms with Gasteiger partial charge in [-0.05, 0) is 37.8 Å². The molecule has 1 aromatic rings. The van der Waals surface area contributed by atoms with Crippen LogP contribution in [0.25, 0.3) is 0 Å². The molecule has 2 unspecified atom stereocenters. The van der Waals surface area contributed by atoms with Gasteiger partial charge in [0.2, 0.25) is 0 Å². The molecular weight excluding hydrogens is 330 g/mol. The minimum atomic E-state index is 0.283. The summed E-state index contributed by atoms with van der Waals surface area (Å²) in [7, 11) is 0. The van der Waals surface area contributed by atoms with Crippen molar-refractivity contribution in [2.45, 2.75) is 38.2 Å². The van der Waals surface area contributed by atoms with Gasteiger partial charge in [-0.15, -0.1) is 0 Å². The number of nitrogens with zero attached hydrogens (tertiary/aromatic N) is 1. The smallest absolute Gasteiger partial charge is 0.191 e. The normalized spacial score (nSPS) is 22.6. The highest BCUT2D eigenvalue weighted by atomic mass is 16.5. The molecule has 2 atom stereocenters. The minimum Gasteiger partial charge on any atom is -0.493 e. The molecule has 0 amide bonds. The zero-order valence-electron chi connectivity index (χ0n) is 15.7. The Morgan fingerprint density at radius 3 is 3.00 bits per heavy atom. The third kappa shape index (κ3) is 5.61. The van der Waals surface area contributed by atoms with Crippen LogP contribution in [-0.2, 0) is 9.47 Å². The van der Waals surface area contributed by atoms with E-state index in [2.05, 4.69) is 29.7 Å². The topological polar surface area (TPSA) is 64.1 Å². The molecule has 26 heavy (non-hydrogen) atoms. The van der Waals surface area contributed by atoms with Gasteiger partial charge >= 0.3 is 0 Å². The van der Waals surface area contributed by atoms with E-state index >= 15 is 0 Å². The van der Waals surface area contributed by atoms with Crippen molar-refractivity contribution < 1.29 is 14.2 Å². The third-order valence-corrected chi connectivity index (χ3v) is 4.75. The maximum atomic E-state index is 5.80. The summed E-state index contributed by atoms with van der Waals surface area (Å²) in [5.74, 6) is 2.30. The molecule has 2 aliphatic heterocycles. The summed E-state index contributed by atoms with van der Waals surface area (Å²) in [4.78, 5) is 4.79. The summed E-state index contributed by atoms with van der Waals surface area (Å²) in [6, 6.07) is 8.29. The van der Waals surface area contributed by atoms with E-state index in [0.29, 0.717) is 5.92 Å².